The van der Waals surface area contributed by atoms with Crippen LogP contribution in [0.25, 0.3) is 10.9 Å². The van der Waals surface area contributed by atoms with Crippen LogP contribution in [0, 0.1) is 5.92 Å². The van der Waals surface area contributed by atoms with E-state index in [4.69, 9.17) is 4.74 Å². The number of carbonyl (C=O) groups is 1. The van der Waals surface area contributed by atoms with Crippen molar-refractivity contribution < 1.29 is 9.53 Å². The van der Waals surface area contributed by atoms with Gasteiger partial charge in [0, 0.05) is 23.2 Å². The van der Waals surface area contributed by atoms with E-state index in [2.05, 4.69) is 10.3 Å². The van der Waals surface area contributed by atoms with E-state index < -0.39 is 0 Å². The van der Waals surface area contributed by atoms with Gasteiger partial charge in [-0.3, -0.25) is 9.78 Å². The highest BCUT2D eigenvalue weighted by Gasteiger charge is 2.33. The molecule has 1 aromatic carbocycles. The largest absolute Gasteiger partial charge is 0.379 e. The lowest BCUT2D eigenvalue weighted by atomic mass is 9.93. The molecule has 3 rings (SSSR count). The summed E-state index contributed by atoms with van der Waals surface area (Å²) in [7, 11) is 1.87. The summed E-state index contributed by atoms with van der Waals surface area (Å²) >= 11 is 0. The third-order valence-corrected chi connectivity index (χ3v) is 3.68. The van der Waals surface area contributed by atoms with E-state index in [1.165, 1.54) is 0 Å². The van der Waals surface area contributed by atoms with Crippen molar-refractivity contribution in [1.82, 2.24) is 10.3 Å². The topological polar surface area (TPSA) is 51.2 Å². The first-order chi connectivity index (χ1) is 9.29. The Morgan fingerprint density at radius 1 is 1.37 bits per heavy atom. The first-order valence-corrected chi connectivity index (χ1v) is 6.43. The number of fused-ring (bicyclic) bond motifs is 1. The molecule has 2 unspecified atom stereocenters. The van der Waals surface area contributed by atoms with Crippen LogP contribution in [0.5, 0.6) is 0 Å². The van der Waals surface area contributed by atoms with E-state index in [9.17, 15) is 4.79 Å². The molecule has 0 spiro atoms. The van der Waals surface area contributed by atoms with Gasteiger partial charge in [0.15, 0.2) is 5.78 Å². The number of aromatic nitrogens is 1. The number of ketones is 1. The highest BCUT2D eigenvalue weighted by atomic mass is 16.5. The van der Waals surface area contributed by atoms with E-state index in [1.54, 1.807) is 6.20 Å². The molecule has 1 N–H and O–H groups in total. The Balaban J connectivity index is 1.93. The average molecular weight is 256 g/mol. The van der Waals surface area contributed by atoms with Gasteiger partial charge in [-0.05, 0) is 31.3 Å². The molecule has 2 heterocycles. The van der Waals surface area contributed by atoms with Crippen LogP contribution in [0.2, 0.25) is 0 Å². The number of nitrogens with one attached hydrogen (secondary N) is 1. The van der Waals surface area contributed by atoms with Gasteiger partial charge in [0.25, 0.3) is 0 Å². The molecule has 0 bridgehead atoms. The van der Waals surface area contributed by atoms with Crippen LogP contribution >= 0.6 is 0 Å². The molecule has 1 saturated heterocycles. The van der Waals surface area contributed by atoms with Crippen molar-refractivity contribution in [2.75, 3.05) is 20.3 Å². The van der Waals surface area contributed by atoms with Crippen LogP contribution in [0.3, 0.4) is 0 Å². The standard InChI is InChI=1S/C15H16N2O2/c1-16-14-9-19-8-12(14)15(18)11-4-5-13-10(7-11)3-2-6-17-13/h2-7,12,14,16H,8-9H2,1H3. The monoisotopic (exact) mass is 256 g/mol. The van der Waals surface area contributed by atoms with Crippen molar-refractivity contribution >= 4 is 16.7 Å². The lowest BCUT2D eigenvalue weighted by molar-refractivity contribution is 0.0892. The van der Waals surface area contributed by atoms with Crippen molar-refractivity contribution in [3.63, 3.8) is 0 Å². The Bertz CT molecular complexity index is 612. The van der Waals surface area contributed by atoms with Crippen LogP contribution in [-0.4, -0.2) is 37.1 Å². The fraction of sp³-hybridized carbons (Fsp3) is 0.333. The molecule has 1 aromatic heterocycles. The zero-order chi connectivity index (χ0) is 13.2. The van der Waals surface area contributed by atoms with Crippen LogP contribution in [0.1, 0.15) is 10.4 Å². The number of ether oxygens (including phenoxy) is 1. The number of carbonyl (C=O) groups excluding carboxylic acids is 1. The number of pyridine rings is 1. The van der Waals surface area contributed by atoms with Crippen molar-refractivity contribution in [3.05, 3.63) is 42.1 Å². The summed E-state index contributed by atoms with van der Waals surface area (Å²) in [5, 5.41) is 4.14. The second kappa shape index (κ2) is 5.07. The number of hydrogen-bond donors (Lipinski definition) is 1. The summed E-state index contributed by atoms with van der Waals surface area (Å²) in [6.07, 6.45) is 1.76. The van der Waals surface area contributed by atoms with E-state index >= 15 is 0 Å². The maximum absolute atomic E-state index is 12.5. The van der Waals surface area contributed by atoms with Gasteiger partial charge in [0.2, 0.25) is 0 Å². The van der Waals surface area contributed by atoms with E-state index in [0.29, 0.717) is 13.2 Å². The number of nitrogens with zero attached hydrogens (tertiary/aromatic N) is 1. The fourth-order valence-electron chi connectivity index (χ4n) is 2.54. The second-order valence-corrected chi connectivity index (χ2v) is 4.81. The molecule has 0 aliphatic carbocycles. The van der Waals surface area contributed by atoms with Gasteiger partial charge >= 0.3 is 0 Å². The van der Waals surface area contributed by atoms with Crippen molar-refractivity contribution in [2.45, 2.75) is 6.04 Å². The molecule has 0 saturated carbocycles. The molecule has 1 aliphatic rings. The van der Waals surface area contributed by atoms with E-state index in [-0.39, 0.29) is 17.7 Å². The molecule has 1 fully saturated rings. The summed E-state index contributed by atoms with van der Waals surface area (Å²) in [5.74, 6) is 0.0433. The van der Waals surface area contributed by atoms with Crippen LogP contribution < -0.4 is 5.32 Å². The molecular formula is C15H16N2O2. The third-order valence-electron chi connectivity index (χ3n) is 3.68. The molecule has 0 amide bonds. The first kappa shape index (κ1) is 12.3. The maximum Gasteiger partial charge on any atom is 0.169 e. The predicted octanol–water partition coefficient (Wildman–Crippen LogP) is 1.65. The fourth-order valence-corrected chi connectivity index (χ4v) is 2.54. The SMILES string of the molecule is CNC1COCC1C(=O)c1ccc2ncccc2c1. The normalized spacial score (nSPS) is 22.8. The zero-order valence-corrected chi connectivity index (χ0v) is 10.8. The summed E-state index contributed by atoms with van der Waals surface area (Å²) < 4.78 is 5.40. The van der Waals surface area contributed by atoms with Gasteiger partial charge in [0.1, 0.15) is 0 Å². The van der Waals surface area contributed by atoms with E-state index in [1.807, 2.05) is 37.4 Å². The molecule has 0 radical (unpaired) electrons. The number of hydrogen-bond acceptors (Lipinski definition) is 4. The molecule has 98 valence electrons. The Labute approximate surface area is 111 Å². The van der Waals surface area contributed by atoms with Crippen molar-refractivity contribution in [3.8, 4) is 0 Å². The van der Waals surface area contributed by atoms with Gasteiger partial charge < -0.3 is 10.1 Å². The molecule has 19 heavy (non-hydrogen) atoms. The maximum atomic E-state index is 12.5. The number of benzene rings is 1. The average Bonchev–Trinajstić information content (AvgIpc) is 2.94. The van der Waals surface area contributed by atoms with Crippen LogP contribution in [-0.2, 0) is 4.74 Å². The van der Waals surface area contributed by atoms with E-state index in [0.717, 1.165) is 16.5 Å². The lowest BCUT2D eigenvalue weighted by Crippen LogP contribution is -2.36. The van der Waals surface area contributed by atoms with Crippen LogP contribution in [0.15, 0.2) is 36.5 Å². The minimum Gasteiger partial charge on any atom is -0.379 e. The third kappa shape index (κ3) is 2.25. The van der Waals surface area contributed by atoms with Gasteiger partial charge in [-0.15, -0.1) is 0 Å². The Morgan fingerprint density at radius 3 is 3.11 bits per heavy atom. The van der Waals surface area contributed by atoms with Crippen LogP contribution in [0.4, 0.5) is 0 Å². The molecular weight excluding hydrogens is 240 g/mol. The summed E-state index contributed by atoms with van der Waals surface area (Å²) in [4.78, 5) is 16.8. The van der Waals surface area contributed by atoms with Crippen molar-refractivity contribution in [2.24, 2.45) is 5.92 Å². The summed E-state index contributed by atoms with van der Waals surface area (Å²) in [6.45, 7) is 1.09. The highest BCUT2D eigenvalue weighted by Crippen LogP contribution is 2.21. The quantitative estimate of drug-likeness (QED) is 0.848. The van der Waals surface area contributed by atoms with Crippen molar-refractivity contribution in [1.29, 1.82) is 0 Å². The van der Waals surface area contributed by atoms with Gasteiger partial charge in [-0.2, -0.15) is 0 Å². The zero-order valence-electron chi connectivity index (χ0n) is 10.8. The van der Waals surface area contributed by atoms with Gasteiger partial charge in [-0.25, -0.2) is 0 Å². The minimum absolute atomic E-state index is 0.0980. The Morgan fingerprint density at radius 2 is 2.26 bits per heavy atom. The summed E-state index contributed by atoms with van der Waals surface area (Å²) in [6, 6.07) is 9.62. The number of rotatable bonds is 3. The summed E-state index contributed by atoms with van der Waals surface area (Å²) in [5.41, 5.74) is 1.64. The molecule has 2 atom stereocenters. The first-order valence-electron chi connectivity index (χ1n) is 6.43. The highest BCUT2D eigenvalue weighted by molar-refractivity contribution is 6.01. The minimum atomic E-state index is -0.0980. The molecule has 1 aliphatic heterocycles. The molecule has 4 heteroatoms. The van der Waals surface area contributed by atoms with Gasteiger partial charge in [-0.1, -0.05) is 6.07 Å². The predicted molar refractivity (Wildman–Crippen MR) is 73.2 cm³/mol. The molecule has 2 aromatic rings. The smallest absolute Gasteiger partial charge is 0.169 e. The Kier molecular flexibility index (Phi) is 3.27. The van der Waals surface area contributed by atoms with Gasteiger partial charge in [0.05, 0.1) is 24.6 Å². The lowest BCUT2D eigenvalue weighted by Gasteiger charge is -2.15. The Hall–Kier alpha value is -1.78. The number of likely N-dealkylation sites (N-methyl/N-ethyl adjacent to an activating group) is 1. The second-order valence-electron chi connectivity index (χ2n) is 4.81. The number of Topliss-reactive ketones (excluding diaryl/α,β-unsaturated/α-hetero) is 1. The molecule has 4 nitrogen and oxygen atoms in total.